The fraction of sp³-hybridized carbons (Fsp3) is 0.0870. The molecule has 0 aliphatic carbocycles. The summed E-state index contributed by atoms with van der Waals surface area (Å²) in [6.45, 7) is 2.32. The van der Waals surface area contributed by atoms with Crippen LogP contribution in [0.4, 0.5) is 5.69 Å². The van der Waals surface area contributed by atoms with Crippen LogP contribution in [-0.4, -0.2) is 30.6 Å². The number of carbonyl (C=O) groups excluding carboxylic acids is 1. The highest BCUT2D eigenvalue weighted by Crippen LogP contribution is 2.20. The van der Waals surface area contributed by atoms with Crippen molar-refractivity contribution in [3.8, 4) is 5.75 Å². The number of nitrogens with one attached hydrogen (secondary N) is 2. The van der Waals surface area contributed by atoms with E-state index in [-0.39, 0.29) is 16.1 Å². The molecule has 0 saturated carbocycles. The number of para-hydroxylation sites is 1. The van der Waals surface area contributed by atoms with Crippen LogP contribution < -0.4 is 20.4 Å². The van der Waals surface area contributed by atoms with Gasteiger partial charge >= 0.3 is 0 Å². The van der Waals surface area contributed by atoms with Gasteiger partial charge in [0, 0.05) is 11.3 Å². The molecule has 1 heterocycles. The first-order valence-electron chi connectivity index (χ1n) is 10.0. The zero-order chi connectivity index (χ0) is 23.4. The van der Waals surface area contributed by atoms with Gasteiger partial charge in [0.1, 0.15) is 12.1 Å². The molecule has 1 amide bonds. The van der Waals surface area contributed by atoms with Crippen molar-refractivity contribution in [1.29, 1.82) is 0 Å². The summed E-state index contributed by atoms with van der Waals surface area (Å²) in [5.41, 5.74) is 3.11. The predicted octanol–water partition coefficient (Wildman–Crippen LogP) is 2.98. The second-order valence-electron chi connectivity index (χ2n) is 6.97. The number of rotatable bonds is 7. The quantitative estimate of drug-likeness (QED) is 0.434. The molecule has 10 heteroatoms. The molecule has 1 aromatic heterocycles. The van der Waals surface area contributed by atoms with Gasteiger partial charge in [0.05, 0.1) is 22.4 Å². The molecule has 0 bridgehead atoms. The molecule has 0 atom stereocenters. The number of sulfonamides is 1. The third-order valence-corrected chi connectivity index (χ3v) is 6.13. The Morgan fingerprint density at radius 3 is 2.39 bits per heavy atom. The van der Waals surface area contributed by atoms with Crippen LogP contribution >= 0.6 is 0 Å². The Morgan fingerprint density at radius 1 is 1.00 bits per heavy atom. The largest absolute Gasteiger partial charge is 0.494 e. The van der Waals surface area contributed by atoms with Crippen LogP contribution in [0.5, 0.6) is 5.75 Å². The maximum atomic E-state index is 12.6. The average molecular weight is 465 g/mol. The van der Waals surface area contributed by atoms with Crippen molar-refractivity contribution in [2.45, 2.75) is 11.8 Å². The Labute approximate surface area is 189 Å². The summed E-state index contributed by atoms with van der Waals surface area (Å²) in [5, 5.41) is 0.374. The third-order valence-electron chi connectivity index (χ3n) is 4.73. The first-order chi connectivity index (χ1) is 15.9. The van der Waals surface area contributed by atoms with Gasteiger partial charge < -0.3 is 4.74 Å². The van der Waals surface area contributed by atoms with Gasteiger partial charge in [-0.2, -0.15) is 0 Å². The molecule has 2 N–H and O–H groups in total. The highest BCUT2D eigenvalue weighted by atomic mass is 32.2. The van der Waals surface area contributed by atoms with Crippen molar-refractivity contribution in [3.63, 3.8) is 0 Å². The van der Waals surface area contributed by atoms with Crippen molar-refractivity contribution >= 4 is 32.5 Å². The minimum atomic E-state index is -3.81. The van der Waals surface area contributed by atoms with Crippen LogP contribution in [-0.2, 0) is 10.0 Å². The van der Waals surface area contributed by atoms with Crippen LogP contribution in [0.2, 0.25) is 0 Å². The van der Waals surface area contributed by atoms with Crippen LogP contribution in [0.15, 0.2) is 88.8 Å². The minimum absolute atomic E-state index is 0.0796. The van der Waals surface area contributed by atoms with Crippen LogP contribution in [0.3, 0.4) is 0 Å². The Bertz CT molecular complexity index is 1460. The normalized spacial score (nSPS) is 11.2. The summed E-state index contributed by atoms with van der Waals surface area (Å²) < 4.78 is 34.0. The lowest BCUT2D eigenvalue weighted by atomic mass is 10.2. The van der Waals surface area contributed by atoms with Gasteiger partial charge in [-0.25, -0.2) is 18.1 Å². The Morgan fingerprint density at radius 2 is 1.70 bits per heavy atom. The van der Waals surface area contributed by atoms with E-state index in [9.17, 15) is 18.0 Å². The van der Waals surface area contributed by atoms with Gasteiger partial charge in [-0.1, -0.05) is 12.1 Å². The van der Waals surface area contributed by atoms with Crippen molar-refractivity contribution in [3.05, 3.63) is 95.0 Å². The van der Waals surface area contributed by atoms with E-state index in [0.29, 0.717) is 23.3 Å². The van der Waals surface area contributed by atoms with Gasteiger partial charge in [0.2, 0.25) is 0 Å². The second kappa shape index (κ2) is 9.13. The fourth-order valence-corrected chi connectivity index (χ4v) is 4.17. The van der Waals surface area contributed by atoms with E-state index in [2.05, 4.69) is 15.1 Å². The summed E-state index contributed by atoms with van der Waals surface area (Å²) in [7, 11) is -3.81. The number of amides is 1. The van der Waals surface area contributed by atoms with E-state index in [1.165, 1.54) is 42.7 Å². The Kier molecular flexibility index (Phi) is 6.09. The predicted molar refractivity (Wildman–Crippen MR) is 125 cm³/mol. The van der Waals surface area contributed by atoms with E-state index in [1.54, 1.807) is 36.4 Å². The summed E-state index contributed by atoms with van der Waals surface area (Å²) in [5.74, 6) is 0.0302. The number of benzene rings is 3. The molecule has 0 spiro atoms. The molecule has 0 fully saturated rings. The third kappa shape index (κ3) is 4.85. The maximum absolute atomic E-state index is 12.6. The molecule has 3 aromatic carbocycles. The molecule has 33 heavy (non-hydrogen) atoms. The number of hydrogen-bond donors (Lipinski definition) is 2. The monoisotopic (exact) mass is 464 g/mol. The zero-order valence-electron chi connectivity index (χ0n) is 17.6. The fourth-order valence-electron chi connectivity index (χ4n) is 3.11. The summed E-state index contributed by atoms with van der Waals surface area (Å²) >= 11 is 0. The van der Waals surface area contributed by atoms with E-state index in [1.807, 2.05) is 6.92 Å². The number of anilines is 1. The second-order valence-corrected chi connectivity index (χ2v) is 8.65. The van der Waals surface area contributed by atoms with E-state index >= 15 is 0 Å². The highest BCUT2D eigenvalue weighted by Gasteiger charge is 2.15. The van der Waals surface area contributed by atoms with Gasteiger partial charge in [-0.05, 0) is 67.6 Å². The lowest BCUT2D eigenvalue weighted by Crippen LogP contribution is -2.33. The standard InChI is InChI=1S/C23H20N4O5S/c1-2-32-18-11-13-19(14-12-18)33(30,31)26-17-9-7-16(8-10-17)22(28)25-27-15-24-21-6-4-3-5-20(21)23(27)29/h3-15,26H,2H2,1H3,(H,25,28). The SMILES string of the molecule is CCOc1ccc(S(=O)(=O)Nc2ccc(C(=O)Nn3cnc4ccccc4c3=O)cc2)cc1. The van der Waals surface area contributed by atoms with E-state index in [4.69, 9.17) is 4.74 Å². The van der Waals surface area contributed by atoms with Gasteiger partial charge in [-0.15, -0.1) is 0 Å². The number of hydrogen-bond acceptors (Lipinski definition) is 6. The zero-order valence-corrected chi connectivity index (χ0v) is 18.4. The Balaban J connectivity index is 1.47. The van der Waals surface area contributed by atoms with Crippen LogP contribution in [0.1, 0.15) is 17.3 Å². The van der Waals surface area contributed by atoms with Crippen molar-refractivity contribution < 1.29 is 17.9 Å². The number of aromatic nitrogens is 2. The first-order valence-corrected chi connectivity index (χ1v) is 11.5. The lowest BCUT2D eigenvalue weighted by Gasteiger charge is -2.11. The van der Waals surface area contributed by atoms with Crippen LogP contribution in [0, 0.1) is 0 Å². The topological polar surface area (TPSA) is 119 Å². The molecule has 0 unspecified atom stereocenters. The van der Waals surface area contributed by atoms with E-state index in [0.717, 1.165) is 4.68 Å². The van der Waals surface area contributed by atoms with Gasteiger partial charge in [0.25, 0.3) is 21.5 Å². The molecule has 4 aromatic rings. The smallest absolute Gasteiger partial charge is 0.280 e. The summed E-state index contributed by atoms with van der Waals surface area (Å²) in [4.78, 5) is 29.3. The molecular formula is C23H20N4O5S. The Hall–Kier alpha value is -4.18. The molecular weight excluding hydrogens is 444 g/mol. The number of nitrogens with zero attached hydrogens (tertiary/aromatic N) is 2. The van der Waals surface area contributed by atoms with Crippen LogP contribution in [0.25, 0.3) is 10.9 Å². The molecule has 0 aliphatic rings. The summed E-state index contributed by atoms with van der Waals surface area (Å²) in [6.07, 6.45) is 1.24. The van der Waals surface area contributed by atoms with Gasteiger partial charge in [-0.3, -0.25) is 19.7 Å². The highest BCUT2D eigenvalue weighted by molar-refractivity contribution is 7.92. The lowest BCUT2D eigenvalue weighted by molar-refractivity contribution is 0.101. The van der Waals surface area contributed by atoms with E-state index < -0.39 is 21.5 Å². The molecule has 168 valence electrons. The average Bonchev–Trinajstić information content (AvgIpc) is 2.82. The summed E-state index contributed by atoms with van der Waals surface area (Å²) in [6, 6.07) is 18.7. The molecule has 9 nitrogen and oxygen atoms in total. The van der Waals surface area contributed by atoms with Crippen molar-refractivity contribution in [2.75, 3.05) is 16.8 Å². The van der Waals surface area contributed by atoms with Crippen molar-refractivity contribution in [1.82, 2.24) is 9.66 Å². The molecule has 0 aliphatic heterocycles. The minimum Gasteiger partial charge on any atom is -0.494 e. The first kappa shape index (κ1) is 22.0. The van der Waals surface area contributed by atoms with Crippen molar-refractivity contribution in [2.24, 2.45) is 0 Å². The number of carbonyl (C=O) groups is 1. The molecule has 4 rings (SSSR count). The maximum Gasteiger partial charge on any atom is 0.280 e. The molecule has 0 radical (unpaired) electrons. The molecule has 0 saturated heterocycles. The number of ether oxygens (including phenoxy) is 1. The number of fused-ring (bicyclic) bond motifs is 1. The van der Waals surface area contributed by atoms with Gasteiger partial charge in [0.15, 0.2) is 0 Å².